The molecule has 30 heavy (non-hydrogen) atoms. The number of piperidine rings is 1. The zero-order chi connectivity index (χ0) is 20.5. The SMILES string of the molecule is Nc1nccc(-c2oc(CN3CCCCC3)cc2-c2ccc3c(c2)CC/C3=N/O)n1. The average Bonchev–Trinajstić information content (AvgIpc) is 3.38. The molecule has 5 rings (SSSR count). The first-order valence-corrected chi connectivity index (χ1v) is 10.5. The van der Waals surface area contributed by atoms with Crippen molar-refractivity contribution in [2.24, 2.45) is 5.16 Å². The van der Waals surface area contributed by atoms with Crippen LogP contribution in [0.3, 0.4) is 0 Å². The molecule has 1 fully saturated rings. The Labute approximate surface area is 175 Å². The molecule has 1 aliphatic carbocycles. The summed E-state index contributed by atoms with van der Waals surface area (Å²) in [5.74, 6) is 1.87. The quantitative estimate of drug-likeness (QED) is 0.502. The fraction of sp³-hybridized carbons (Fsp3) is 0.348. The summed E-state index contributed by atoms with van der Waals surface area (Å²) in [6.07, 6.45) is 7.07. The molecule has 3 heterocycles. The maximum absolute atomic E-state index is 9.22. The van der Waals surface area contributed by atoms with Gasteiger partial charge in [-0.15, -0.1) is 0 Å². The number of oxime groups is 1. The third kappa shape index (κ3) is 3.57. The van der Waals surface area contributed by atoms with E-state index in [9.17, 15) is 5.21 Å². The Hall–Kier alpha value is -3.19. The first kappa shape index (κ1) is 18.8. The maximum atomic E-state index is 9.22. The summed E-state index contributed by atoms with van der Waals surface area (Å²) >= 11 is 0. The number of fused-ring (bicyclic) bond motifs is 1. The molecule has 0 bridgehead atoms. The highest BCUT2D eigenvalue weighted by atomic mass is 16.4. The van der Waals surface area contributed by atoms with Crippen LogP contribution >= 0.6 is 0 Å². The summed E-state index contributed by atoms with van der Waals surface area (Å²) in [6.45, 7) is 3.00. The van der Waals surface area contributed by atoms with E-state index in [1.807, 2.05) is 12.1 Å². The molecule has 3 N–H and O–H groups in total. The molecule has 0 unspecified atom stereocenters. The summed E-state index contributed by atoms with van der Waals surface area (Å²) in [5, 5.41) is 12.7. The van der Waals surface area contributed by atoms with Crippen molar-refractivity contribution in [1.82, 2.24) is 14.9 Å². The summed E-state index contributed by atoms with van der Waals surface area (Å²) in [5.41, 5.74) is 11.5. The molecule has 154 valence electrons. The lowest BCUT2D eigenvalue weighted by Crippen LogP contribution is -2.28. The van der Waals surface area contributed by atoms with E-state index < -0.39 is 0 Å². The minimum atomic E-state index is 0.227. The third-order valence-electron chi connectivity index (χ3n) is 6.00. The lowest BCUT2D eigenvalue weighted by Gasteiger charge is -2.25. The van der Waals surface area contributed by atoms with Crippen LogP contribution in [-0.4, -0.2) is 38.9 Å². The van der Waals surface area contributed by atoms with Crippen LogP contribution in [0.25, 0.3) is 22.6 Å². The molecule has 2 aromatic heterocycles. The Morgan fingerprint density at radius 3 is 2.73 bits per heavy atom. The van der Waals surface area contributed by atoms with Gasteiger partial charge in [-0.3, -0.25) is 4.90 Å². The topological polar surface area (TPSA) is 101 Å². The van der Waals surface area contributed by atoms with E-state index in [4.69, 9.17) is 10.2 Å². The van der Waals surface area contributed by atoms with Crippen molar-refractivity contribution in [2.75, 3.05) is 18.8 Å². The minimum absolute atomic E-state index is 0.227. The van der Waals surface area contributed by atoms with E-state index in [1.165, 1.54) is 24.8 Å². The van der Waals surface area contributed by atoms with Gasteiger partial charge in [0.05, 0.1) is 12.3 Å². The predicted octanol–water partition coefficient (Wildman–Crippen LogP) is 4.10. The highest BCUT2D eigenvalue weighted by Crippen LogP contribution is 2.37. The van der Waals surface area contributed by atoms with Gasteiger partial charge in [0.25, 0.3) is 0 Å². The Kier molecular flexibility index (Phi) is 4.96. The van der Waals surface area contributed by atoms with Crippen LogP contribution < -0.4 is 5.73 Å². The number of hydrogen-bond donors (Lipinski definition) is 2. The lowest BCUT2D eigenvalue weighted by molar-refractivity contribution is 0.206. The molecule has 0 saturated carbocycles. The number of aromatic nitrogens is 2. The highest BCUT2D eigenvalue weighted by molar-refractivity contribution is 6.04. The number of rotatable bonds is 4. The fourth-order valence-corrected chi connectivity index (χ4v) is 4.50. The van der Waals surface area contributed by atoms with Gasteiger partial charge in [-0.1, -0.05) is 29.8 Å². The van der Waals surface area contributed by atoms with Crippen molar-refractivity contribution in [1.29, 1.82) is 0 Å². The van der Waals surface area contributed by atoms with Crippen molar-refractivity contribution < 1.29 is 9.62 Å². The van der Waals surface area contributed by atoms with Gasteiger partial charge in [0.15, 0.2) is 5.76 Å². The zero-order valence-corrected chi connectivity index (χ0v) is 16.8. The number of furan rings is 1. The van der Waals surface area contributed by atoms with Crippen LogP contribution in [0.1, 0.15) is 42.6 Å². The number of likely N-dealkylation sites (tertiary alicyclic amines) is 1. The number of nitrogen functional groups attached to an aromatic ring is 1. The molecule has 1 aliphatic heterocycles. The van der Waals surface area contributed by atoms with E-state index in [-0.39, 0.29) is 5.95 Å². The minimum Gasteiger partial charge on any atom is -0.457 e. The van der Waals surface area contributed by atoms with Crippen molar-refractivity contribution >= 4 is 11.7 Å². The van der Waals surface area contributed by atoms with Gasteiger partial charge in [-0.2, -0.15) is 0 Å². The van der Waals surface area contributed by atoms with Crippen molar-refractivity contribution in [3.8, 4) is 22.6 Å². The van der Waals surface area contributed by atoms with E-state index in [1.54, 1.807) is 6.20 Å². The van der Waals surface area contributed by atoms with Crippen LogP contribution in [0.5, 0.6) is 0 Å². The molecular weight excluding hydrogens is 378 g/mol. The van der Waals surface area contributed by atoms with Gasteiger partial charge < -0.3 is 15.4 Å². The summed E-state index contributed by atoms with van der Waals surface area (Å²) in [6, 6.07) is 10.2. The summed E-state index contributed by atoms with van der Waals surface area (Å²) in [4.78, 5) is 10.8. The van der Waals surface area contributed by atoms with E-state index >= 15 is 0 Å². The molecule has 1 aromatic carbocycles. The zero-order valence-electron chi connectivity index (χ0n) is 16.8. The Morgan fingerprint density at radius 1 is 1.07 bits per heavy atom. The highest BCUT2D eigenvalue weighted by Gasteiger charge is 2.22. The lowest BCUT2D eigenvalue weighted by atomic mass is 9.99. The first-order valence-electron chi connectivity index (χ1n) is 10.5. The number of anilines is 1. The third-order valence-corrected chi connectivity index (χ3v) is 6.00. The molecule has 7 heteroatoms. The largest absolute Gasteiger partial charge is 0.457 e. The molecule has 7 nitrogen and oxygen atoms in total. The molecule has 2 aliphatic rings. The summed E-state index contributed by atoms with van der Waals surface area (Å²) < 4.78 is 6.32. The van der Waals surface area contributed by atoms with Gasteiger partial charge in [0, 0.05) is 17.3 Å². The van der Waals surface area contributed by atoms with E-state index in [0.717, 1.165) is 60.6 Å². The maximum Gasteiger partial charge on any atom is 0.220 e. The predicted molar refractivity (Wildman–Crippen MR) is 115 cm³/mol. The molecular formula is C23H25N5O2. The van der Waals surface area contributed by atoms with Crippen LogP contribution in [0.4, 0.5) is 5.95 Å². The number of nitrogens with zero attached hydrogens (tertiary/aromatic N) is 4. The molecule has 0 spiro atoms. The second-order valence-electron chi connectivity index (χ2n) is 8.01. The average molecular weight is 403 g/mol. The van der Waals surface area contributed by atoms with Crippen LogP contribution in [0.2, 0.25) is 0 Å². The van der Waals surface area contributed by atoms with Gasteiger partial charge in [0.2, 0.25) is 5.95 Å². The second kappa shape index (κ2) is 7.91. The second-order valence-corrected chi connectivity index (χ2v) is 8.01. The molecule has 0 radical (unpaired) electrons. The van der Waals surface area contributed by atoms with E-state index in [2.05, 4.69) is 38.2 Å². The monoisotopic (exact) mass is 403 g/mol. The molecule has 0 amide bonds. The molecule has 3 aromatic rings. The first-order chi connectivity index (χ1) is 14.7. The van der Waals surface area contributed by atoms with Gasteiger partial charge in [-0.25, -0.2) is 9.97 Å². The number of hydrogen-bond acceptors (Lipinski definition) is 7. The Bertz CT molecular complexity index is 1100. The van der Waals surface area contributed by atoms with Crippen molar-refractivity contribution in [2.45, 2.75) is 38.6 Å². The molecule has 1 saturated heterocycles. The Balaban J connectivity index is 1.56. The van der Waals surface area contributed by atoms with Gasteiger partial charge in [0.1, 0.15) is 11.5 Å². The summed E-state index contributed by atoms with van der Waals surface area (Å²) in [7, 11) is 0. The van der Waals surface area contributed by atoms with Crippen LogP contribution in [0.15, 0.2) is 46.1 Å². The van der Waals surface area contributed by atoms with Crippen molar-refractivity contribution in [3.05, 3.63) is 53.4 Å². The van der Waals surface area contributed by atoms with Crippen LogP contribution in [-0.2, 0) is 13.0 Å². The molecule has 0 atom stereocenters. The standard InChI is InChI=1S/C23H25N5O2/c24-23-25-9-8-21(26-23)22-19(13-17(30-22)14-28-10-2-1-3-11-28)16-4-6-18-15(12-16)5-7-20(18)27-29/h4,6,8-9,12-13,29H,1-3,5,7,10-11,14H2,(H2,24,25,26)/b27-20-. The number of aryl methyl sites for hydroxylation is 1. The number of nitrogens with two attached hydrogens (primary N) is 1. The smallest absolute Gasteiger partial charge is 0.220 e. The normalized spacial score (nSPS) is 18.1. The Morgan fingerprint density at radius 2 is 1.93 bits per heavy atom. The number of benzene rings is 1. The van der Waals surface area contributed by atoms with E-state index in [0.29, 0.717) is 11.5 Å². The van der Waals surface area contributed by atoms with Gasteiger partial charge in [-0.05, 0) is 62.0 Å². The van der Waals surface area contributed by atoms with Crippen molar-refractivity contribution in [3.63, 3.8) is 0 Å². The fourth-order valence-electron chi connectivity index (χ4n) is 4.50. The van der Waals surface area contributed by atoms with Gasteiger partial charge >= 0.3 is 0 Å². The van der Waals surface area contributed by atoms with Crippen LogP contribution in [0, 0.1) is 0 Å².